The van der Waals surface area contributed by atoms with Gasteiger partial charge in [-0.1, -0.05) is 17.8 Å². The number of nitrogens with one attached hydrogen (secondary N) is 2. The predicted molar refractivity (Wildman–Crippen MR) is 79.9 cm³/mol. The Morgan fingerprint density at radius 3 is 3.20 bits per heavy atom. The van der Waals surface area contributed by atoms with Gasteiger partial charge in [-0.05, 0) is 18.4 Å². The van der Waals surface area contributed by atoms with Crippen molar-refractivity contribution in [1.82, 2.24) is 20.5 Å². The molecule has 1 atom stereocenters. The topological polar surface area (TPSA) is 79.9 Å². The predicted octanol–water partition coefficient (Wildman–Crippen LogP) is 1.78. The van der Waals surface area contributed by atoms with Crippen LogP contribution in [-0.2, 0) is 9.53 Å². The van der Waals surface area contributed by atoms with Gasteiger partial charge in [0.1, 0.15) is 0 Å². The lowest BCUT2D eigenvalue weighted by Gasteiger charge is -2.09. The third kappa shape index (κ3) is 4.06. The maximum absolute atomic E-state index is 11.8. The van der Waals surface area contributed by atoms with Crippen molar-refractivity contribution in [3.8, 4) is 10.7 Å². The van der Waals surface area contributed by atoms with Crippen molar-refractivity contribution in [2.75, 3.05) is 20.3 Å². The quantitative estimate of drug-likeness (QED) is 0.602. The van der Waals surface area contributed by atoms with Crippen LogP contribution in [0, 0.1) is 0 Å². The molecule has 0 aliphatic carbocycles. The first-order valence-electron chi connectivity index (χ1n) is 6.10. The van der Waals surface area contributed by atoms with Crippen molar-refractivity contribution in [2.45, 2.75) is 17.3 Å². The maximum Gasteiger partial charge on any atom is 0.233 e. The van der Waals surface area contributed by atoms with Gasteiger partial charge in [0, 0.05) is 13.7 Å². The second-order valence-corrected chi connectivity index (χ2v) is 6.24. The van der Waals surface area contributed by atoms with E-state index in [-0.39, 0.29) is 11.2 Å². The molecule has 0 aromatic carbocycles. The van der Waals surface area contributed by atoms with Gasteiger partial charge >= 0.3 is 0 Å². The van der Waals surface area contributed by atoms with Gasteiger partial charge in [-0.2, -0.15) is 0 Å². The molecule has 2 rings (SSSR count). The lowest BCUT2D eigenvalue weighted by Crippen LogP contribution is -2.33. The van der Waals surface area contributed by atoms with Crippen LogP contribution >= 0.6 is 23.1 Å². The summed E-state index contributed by atoms with van der Waals surface area (Å²) in [6.07, 6.45) is 0. The molecule has 0 aliphatic heterocycles. The Morgan fingerprint density at radius 1 is 1.65 bits per heavy atom. The van der Waals surface area contributed by atoms with Crippen LogP contribution in [0.2, 0.25) is 0 Å². The van der Waals surface area contributed by atoms with Gasteiger partial charge in [-0.3, -0.25) is 9.89 Å². The number of nitrogens with zero attached hydrogens (tertiary/aromatic N) is 2. The number of rotatable bonds is 7. The molecule has 0 spiro atoms. The Bertz CT molecular complexity index is 541. The van der Waals surface area contributed by atoms with Crippen LogP contribution in [0.3, 0.4) is 0 Å². The van der Waals surface area contributed by atoms with Crippen molar-refractivity contribution in [3.05, 3.63) is 17.5 Å². The van der Waals surface area contributed by atoms with Crippen molar-refractivity contribution < 1.29 is 9.53 Å². The first kappa shape index (κ1) is 15.0. The standard InChI is InChI=1S/C12H16N4O2S2/c1-8(11(17)13-5-6-18-2)20-12-14-10(15-16-12)9-4-3-7-19-9/h3-4,7-8H,5-6H2,1-2H3,(H,13,17)(H,14,15,16)/t8-/m0/s1. The number of amides is 1. The zero-order chi connectivity index (χ0) is 14.4. The molecule has 108 valence electrons. The minimum Gasteiger partial charge on any atom is -0.383 e. The number of aromatic nitrogens is 3. The molecule has 2 heterocycles. The van der Waals surface area contributed by atoms with Gasteiger partial charge in [-0.25, -0.2) is 4.98 Å². The van der Waals surface area contributed by atoms with Crippen LogP contribution in [0.4, 0.5) is 0 Å². The van der Waals surface area contributed by atoms with Gasteiger partial charge in [0.05, 0.1) is 16.7 Å². The molecule has 6 nitrogen and oxygen atoms in total. The number of H-pyrrole nitrogens is 1. The highest BCUT2D eigenvalue weighted by atomic mass is 32.2. The SMILES string of the molecule is COCCNC(=O)[C@H](C)Sc1n[nH]c(-c2cccs2)n1. The Morgan fingerprint density at radius 2 is 2.50 bits per heavy atom. The lowest BCUT2D eigenvalue weighted by molar-refractivity contribution is -0.120. The van der Waals surface area contributed by atoms with E-state index in [0.29, 0.717) is 18.3 Å². The Kier molecular flexibility index (Phi) is 5.57. The average molecular weight is 312 g/mol. The van der Waals surface area contributed by atoms with Crippen LogP contribution in [0.5, 0.6) is 0 Å². The number of carbonyl (C=O) groups excluding carboxylic acids is 1. The summed E-state index contributed by atoms with van der Waals surface area (Å²) in [5.41, 5.74) is 0. The maximum atomic E-state index is 11.8. The molecule has 0 unspecified atom stereocenters. The normalized spacial score (nSPS) is 12.3. The second-order valence-electron chi connectivity index (χ2n) is 3.99. The number of hydrogen-bond acceptors (Lipinski definition) is 6. The second kappa shape index (κ2) is 7.41. The molecule has 1 amide bonds. The molecular weight excluding hydrogens is 296 g/mol. The first-order valence-corrected chi connectivity index (χ1v) is 7.86. The summed E-state index contributed by atoms with van der Waals surface area (Å²) in [4.78, 5) is 17.2. The van der Waals surface area contributed by atoms with E-state index in [2.05, 4.69) is 20.5 Å². The van der Waals surface area contributed by atoms with E-state index in [1.54, 1.807) is 18.4 Å². The van der Waals surface area contributed by atoms with Gasteiger partial charge in [0.2, 0.25) is 11.1 Å². The summed E-state index contributed by atoms with van der Waals surface area (Å²) in [5, 5.41) is 12.1. The largest absolute Gasteiger partial charge is 0.383 e. The lowest BCUT2D eigenvalue weighted by atomic mass is 10.4. The minimum atomic E-state index is -0.251. The number of aromatic amines is 1. The Labute approximate surface area is 125 Å². The van der Waals surface area contributed by atoms with E-state index in [0.717, 1.165) is 10.7 Å². The summed E-state index contributed by atoms with van der Waals surface area (Å²) in [5.74, 6) is 0.684. The molecule has 2 aromatic rings. The highest BCUT2D eigenvalue weighted by Gasteiger charge is 2.17. The number of thioether (sulfide) groups is 1. The summed E-state index contributed by atoms with van der Waals surface area (Å²) >= 11 is 2.92. The first-order chi connectivity index (χ1) is 9.70. The van der Waals surface area contributed by atoms with E-state index in [9.17, 15) is 4.79 Å². The van der Waals surface area contributed by atoms with E-state index < -0.39 is 0 Å². The molecule has 2 aromatic heterocycles. The fourth-order valence-electron chi connectivity index (χ4n) is 1.45. The van der Waals surface area contributed by atoms with Crippen molar-refractivity contribution >= 4 is 29.0 Å². The number of methoxy groups -OCH3 is 1. The van der Waals surface area contributed by atoms with Crippen molar-refractivity contribution in [1.29, 1.82) is 0 Å². The van der Waals surface area contributed by atoms with Gasteiger partial charge in [-0.15, -0.1) is 16.4 Å². The van der Waals surface area contributed by atoms with Gasteiger partial charge in [0.25, 0.3) is 0 Å². The van der Waals surface area contributed by atoms with Crippen LogP contribution in [-0.4, -0.2) is 46.6 Å². The molecule has 0 saturated heterocycles. The van der Waals surface area contributed by atoms with E-state index >= 15 is 0 Å². The average Bonchev–Trinajstić information content (AvgIpc) is 3.08. The third-order valence-corrected chi connectivity index (χ3v) is 4.31. The summed E-state index contributed by atoms with van der Waals surface area (Å²) in [7, 11) is 1.60. The summed E-state index contributed by atoms with van der Waals surface area (Å²) in [6.45, 7) is 2.84. The fourth-order valence-corrected chi connectivity index (χ4v) is 2.87. The van der Waals surface area contributed by atoms with Gasteiger partial charge < -0.3 is 10.1 Å². The highest BCUT2D eigenvalue weighted by molar-refractivity contribution is 8.00. The van der Waals surface area contributed by atoms with Crippen LogP contribution in [0.15, 0.2) is 22.7 Å². The number of hydrogen-bond donors (Lipinski definition) is 2. The zero-order valence-corrected chi connectivity index (χ0v) is 12.9. The van der Waals surface area contributed by atoms with E-state index in [4.69, 9.17) is 4.74 Å². The zero-order valence-electron chi connectivity index (χ0n) is 11.3. The molecule has 8 heteroatoms. The van der Waals surface area contributed by atoms with Crippen LogP contribution in [0.25, 0.3) is 10.7 Å². The fraction of sp³-hybridized carbons (Fsp3) is 0.417. The van der Waals surface area contributed by atoms with Crippen molar-refractivity contribution in [2.24, 2.45) is 0 Å². The Hall–Kier alpha value is -1.38. The molecule has 20 heavy (non-hydrogen) atoms. The molecule has 2 N–H and O–H groups in total. The van der Waals surface area contributed by atoms with Crippen LogP contribution in [0.1, 0.15) is 6.92 Å². The summed E-state index contributed by atoms with van der Waals surface area (Å²) < 4.78 is 4.88. The number of carbonyl (C=O) groups is 1. The third-order valence-electron chi connectivity index (χ3n) is 2.48. The molecule has 0 fully saturated rings. The minimum absolute atomic E-state index is 0.0467. The van der Waals surface area contributed by atoms with Gasteiger partial charge in [0.15, 0.2) is 5.82 Å². The number of ether oxygens (including phenoxy) is 1. The van der Waals surface area contributed by atoms with E-state index in [1.807, 2.05) is 24.4 Å². The molecular formula is C12H16N4O2S2. The van der Waals surface area contributed by atoms with E-state index in [1.165, 1.54) is 11.8 Å². The molecule has 0 saturated carbocycles. The molecule has 0 aliphatic rings. The molecule has 0 radical (unpaired) electrons. The smallest absolute Gasteiger partial charge is 0.233 e. The molecule has 0 bridgehead atoms. The summed E-state index contributed by atoms with van der Waals surface area (Å²) in [6, 6.07) is 3.93. The number of thiophene rings is 1. The van der Waals surface area contributed by atoms with Crippen molar-refractivity contribution in [3.63, 3.8) is 0 Å². The highest BCUT2D eigenvalue weighted by Crippen LogP contribution is 2.25. The monoisotopic (exact) mass is 312 g/mol. The Balaban J connectivity index is 1.88. The van der Waals surface area contributed by atoms with Crippen LogP contribution < -0.4 is 5.32 Å².